The van der Waals surface area contributed by atoms with Crippen molar-refractivity contribution in [2.45, 2.75) is 6.54 Å². The molecule has 0 radical (unpaired) electrons. The zero-order valence-electron chi connectivity index (χ0n) is 12.6. The Morgan fingerprint density at radius 2 is 1.96 bits per heavy atom. The molecule has 0 saturated carbocycles. The van der Waals surface area contributed by atoms with E-state index in [1.165, 1.54) is 16.8 Å². The van der Waals surface area contributed by atoms with Gasteiger partial charge in [0.2, 0.25) is 0 Å². The van der Waals surface area contributed by atoms with Crippen LogP contribution in [-0.2, 0) is 6.54 Å². The molecule has 3 heterocycles. The number of fused-ring (bicyclic) bond motifs is 1. The highest BCUT2D eigenvalue weighted by molar-refractivity contribution is 5.48. The molecular formula is C16H13N7O. The Hall–Kier alpha value is -3.55. The number of anilines is 1. The van der Waals surface area contributed by atoms with Gasteiger partial charge in [0.15, 0.2) is 0 Å². The Bertz CT molecular complexity index is 1020. The number of hydrogen-bond acceptors (Lipinski definition) is 6. The second kappa shape index (κ2) is 5.92. The van der Waals surface area contributed by atoms with Crippen LogP contribution in [0, 0.1) is 0 Å². The molecule has 24 heavy (non-hydrogen) atoms. The van der Waals surface area contributed by atoms with Crippen molar-refractivity contribution < 1.29 is 0 Å². The predicted octanol–water partition coefficient (Wildman–Crippen LogP) is 1.28. The highest BCUT2D eigenvalue weighted by Gasteiger charge is 2.02. The van der Waals surface area contributed by atoms with E-state index < -0.39 is 0 Å². The fourth-order valence-corrected chi connectivity index (χ4v) is 2.40. The van der Waals surface area contributed by atoms with Crippen LogP contribution in [0.5, 0.6) is 0 Å². The first-order valence-electron chi connectivity index (χ1n) is 7.34. The van der Waals surface area contributed by atoms with Crippen molar-refractivity contribution in [3.05, 3.63) is 77.1 Å². The summed E-state index contributed by atoms with van der Waals surface area (Å²) in [6.45, 7) is 0.463. The number of rotatable bonds is 4. The van der Waals surface area contributed by atoms with E-state index in [-0.39, 0.29) is 5.56 Å². The fraction of sp³-hybridized carbons (Fsp3) is 0.0625. The summed E-state index contributed by atoms with van der Waals surface area (Å²) in [4.78, 5) is 16.5. The third-order valence-corrected chi connectivity index (χ3v) is 3.58. The summed E-state index contributed by atoms with van der Waals surface area (Å²) in [6.07, 6.45) is 3.24. The summed E-state index contributed by atoms with van der Waals surface area (Å²) in [5.41, 5.74) is 3.02. The molecule has 0 bridgehead atoms. The van der Waals surface area contributed by atoms with E-state index in [1.54, 1.807) is 16.9 Å². The minimum absolute atomic E-state index is 0.0913. The Balaban J connectivity index is 1.51. The SMILES string of the molecule is O=c1cc(CNc2ccc(-n3cnnn3)cc2)nc2ccccn12. The van der Waals surface area contributed by atoms with Crippen LogP contribution < -0.4 is 10.9 Å². The van der Waals surface area contributed by atoms with Crippen LogP contribution >= 0.6 is 0 Å². The molecule has 0 unspecified atom stereocenters. The molecule has 4 aromatic rings. The molecule has 8 heteroatoms. The van der Waals surface area contributed by atoms with Gasteiger partial charge in [0.25, 0.3) is 5.56 Å². The molecule has 0 aliphatic carbocycles. The normalized spacial score (nSPS) is 10.8. The third-order valence-electron chi connectivity index (χ3n) is 3.58. The van der Waals surface area contributed by atoms with Crippen molar-refractivity contribution >= 4 is 11.3 Å². The Morgan fingerprint density at radius 3 is 2.75 bits per heavy atom. The quantitative estimate of drug-likeness (QED) is 0.609. The second-order valence-electron chi connectivity index (χ2n) is 5.17. The van der Waals surface area contributed by atoms with Gasteiger partial charge in [-0.2, -0.15) is 0 Å². The van der Waals surface area contributed by atoms with Crippen LogP contribution in [0.4, 0.5) is 5.69 Å². The molecule has 0 fully saturated rings. The molecule has 1 N–H and O–H groups in total. The van der Waals surface area contributed by atoms with Gasteiger partial charge < -0.3 is 5.32 Å². The number of hydrogen-bond donors (Lipinski definition) is 1. The lowest BCUT2D eigenvalue weighted by Gasteiger charge is -2.08. The van der Waals surface area contributed by atoms with Crippen LogP contribution in [0.25, 0.3) is 11.3 Å². The van der Waals surface area contributed by atoms with Gasteiger partial charge in [-0.3, -0.25) is 9.20 Å². The maximum Gasteiger partial charge on any atom is 0.258 e. The lowest BCUT2D eigenvalue weighted by molar-refractivity contribution is 0.789. The maximum atomic E-state index is 12.1. The van der Waals surface area contributed by atoms with Gasteiger partial charge in [-0.1, -0.05) is 6.07 Å². The average Bonchev–Trinajstić information content (AvgIpc) is 3.15. The van der Waals surface area contributed by atoms with Crippen molar-refractivity contribution in [2.75, 3.05) is 5.32 Å². The molecule has 1 aromatic carbocycles. The van der Waals surface area contributed by atoms with Crippen LogP contribution in [0.3, 0.4) is 0 Å². The van der Waals surface area contributed by atoms with E-state index in [4.69, 9.17) is 0 Å². The summed E-state index contributed by atoms with van der Waals surface area (Å²) in [5.74, 6) is 0. The van der Waals surface area contributed by atoms with Crippen molar-refractivity contribution in [1.29, 1.82) is 0 Å². The molecule has 0 saturated heterocycles. The van der Waals surface area contributed by atoms with Crippen LogP contribution in [0.1, 0.15) is 5.69 Å². The molecule has 0 atom stereocenters. The van der Waals surface area contributed by atoms with Crippen LogP contribution in [-0.4, -0.2) is 29.6 Å². The summed E-state index contributed by atoms with van der Waals surface area (Å²) < 4.78 is 3.10. The van der Waals surface area contributed by atoms with Gasteiger partial charge >= 0.3 is 0 Å². The van der Waals surface area contributed by atoms with E-state index in [0.717, 1.165) is 11.4 Å². The summed E-state index contributed by atoms with van der Waals surface area (Å²) >= 11 is 0. The highest BCUT2D eigenvalue weighted by Crippen LogP contribution is 2.12. The van der Waals surface area contributed by atoms with Gasteiger partial charge in [-0.25, -0.2) is 9.67 Å². The minimum atomic E-state index is -0.0913. The third kappa shape index (κ3) is 2.72. The van der Waals surface area contributed by atoms with Gasteiger partial charge in [-0.15, -0.1) is 5.10 Å². The van der Waals surface area contributed by atoms with Gasteiger partial charge in [0.05, 0.1) is 17.9 Å². The average molecular weight is 319 g/mol. The molecule has 0 spiro atoms. The Kier molecular flexibility index (Phi) is 3.47. The van der Waals surface area contributed by atoms with E-state index >= 15 is 0 Å². The van der Waals surface area contributed by atoms with Gasteiger partial charge in [0, 0.05) is 18.0 Å². The molecule has 8 nitrogen and oxygen atoms in total. The van der Waals surface area contributed by atoms with Crippen LogP contribution in [0.15, 0.2) is 65.8 Å². The van der Waals surface area contributed by atoms with E-state index in [1.807, 2.05) is 36.4 Å². The van der Waals surface area contributed by atoms with E-state index in [0.29, 0.717) is 17.9 Å². The van der Waals surface area contributed by atoms with Crippen LogP contribution in [0.2, 0.25) is 0 Å². The van der Waals surface area contributed by atoms with Gasteiger partial charge in [0.1, 0.15) is 12.0 Å². The largest absolute Gasteiger partial charge is 0.379 e. The standard InChI is InChI=1S/C16H13N7O/c24-16-9-13(19-15-3-1-2-8-22(15)16)10-17-12-4-6-14(7-5-12)23-11-18-20-21-23/h1-9,11,17H,10H2. The van der Waals surface area contributed by atoms with E-state index in [9.17, 15) is 4.79 Å². The molecule has 0 aliphatic heterocycles. The predicted molar refractivity (Wildman–Crippen MR) is 87.9 cm³/mol. The highest BCUT2D eigenvalue weighted by atomic mass is 16.1. The van der Waals surface area contributed by atoms with Crippen molar-refractivity contribution in [1.82, 2.24) is 29.6 Å². The second-order valence-corrected chi connectivity index (χ2v) is 5.17. The number of tetrazole rings is 1. The molecular weight excluding hydrogens is 306 g/mol. The minimum Gasteiger partial charge on any atom is -0.379 e. The van der Waals surface area contributed by atoms with Gasteiger partial charge in [-0.05, 0) is 46.8 Å². The number of nitrogens with one attached hydrogen (secondary N) is 1. The lowest BCUT2D eigenvalue weighted by Crippen LogP contribution is -2.16. The summed E-state index contributed by atoms with van der Waals surface area (Å²) in [6, 6.07) is 14.7. The summed E-state index contributed by atoms with van der Waals surface area (Å²) in [7, 11) is 0. The van der Waals surface area contributed by atoms with E-state index in [2.05, 4.69) is 25.8 Å². The zero-order chi connectivity index (χ0) is 16.4. The molecule has 118 valence electrons. The first-order valence-corrected chi connectivity index (χ1v) is 7.34. The Morgan fingerprint density at radius 1 is 1.08 bits per heavy atom. The van der Waals surface area contributed by atoms with Crippen molar-refractivity contribution in [2.24, 2.45) is 0 Å². The number of pyridine rings is 1. The molecule has 0 amide bonds. The number of benzene rings is 1. The first-order chi connectivity index (χ1) is 11.8. The number of aromatic nitrogens is 6. The lowest BCUT2D eigenvalue weighted by atomic mass is 10.2. The molecule has 3 aromatic heterocycles. The van der Waals surface area contributed by atoms with Crippen molar-refractivity contribution in [3.8, 4) is 5.69 Å². The molecule has 4 rings (SSSR count). The molecule has 0 aliphatic rings. The first kappa shape index (κ1) is 14.1. The summed E-state index contributed by atoms with van der Waals surface area (Å²) in [5, 5.41) is 14.3. The monoisotopic (exact) mass is 319 g/mol. The van der Waals surface area contributed by atoms with Crippen molar-refractivity contribution in [3.63, 3.8) is 0 Å². The zero-order valence-corrected chi connectivity index (χ0v) is 12.6. The Labute approximate surface area is 136 Å². The topological polar surface area (TPSA) is 90.0 Å². The maximum absolute atomic E-state index is 12.1. The smallest absolute Gasteiger partial charge is 0.258 e. The number of nitrogens with zero attached hydrogens (tertiary/aromatic N) is 6. The fourth-order valence-electron chi connectivity index (χ4n) is 2.40.